The summed E-state index contributed by atoms with van der Waals surface area (Å²) in [6.07, 6.45) is 2.00. The molecule has 0 amide bonds. The lowest BCUT2D eigenvalue weighted by molar-refractivity contribution is 0.837. The highest BCUT2D eigenvalue weighted by Crippen LogP contribution is 2.28. The van der Waals surface area contributed by atoms with Gasteiger partial charge in [-0.25, -0.2) is 0 Å². The molecule has 2 nitrogen and oxygen atoms in total. The van der Waals surface area contributed by atoms with Gasteiger partial charge in [-0.1, -0.05) is 39.8 Å². The van der Waals surface area contributed by atoms with E-state index >= 15 is 0 Å². The Morgan fingerprint density at radius 1 is 0.947 bits per heavy atom. The largest absolute Gasteiger partial charge is 0.356 e. The summed E-state index contributed by atoms with van der Waals surface area (Å²) in [5, 5.41) is 2.47. The van der Waals surface area contributed by atoms with E-state index in [1.807, 2.05) is 6.20 Å². The summed E-state index contributed by atoms with van der Waals surface area (Å²) in [5.41, 5.74) is 4.81. The summed E-state index contributed by atoms with van der Waals surface area (Å²) in [6, 6.07) is 8.85. The van der Waals surface area contributed by atoms with Crippen LogP contribution < -0.4 is 0 Å². The molecule has 2 heterocycles. The van der Waals surface area contributed by atoms with E-state index in [0.29, 0.717) is 11.8 Å². The average molecular weight is 252 g/mol. The first-order valence-electron chi connectivity index (χ1n) is 6.97. The van der Waals surface area contributed by atoms with E-state index in [1.54, 1.807) is 0 Å². The third-order valence-electron chi connectivity index (χ3n) is 3.78. The number of fused-ring (bicyclic) bond motifs is 3. The van der Waals surface area contributed by atoms with E-state index in [4.69, 9.17) is 0 Å². The van der Waals surface area contributed by atoms with Gasteiger partial charge in [0.1, 0.15) is 0 Å². The molecule has 0 saturated heterocycles. The van der Waals surface area contributed by atoms with Crippen LogP contribution in [-0.4, -0.2) is 9.97 Å². The molecule has 0 fully saturated rings. The molecule has 0 unspecified atom stereocenters. The number of nitrogens with one attached hydrogen (secondary N) is 1. The number of hydrogen-bond acceptors (Lipinski definition) is 1. The fourth-order valence-electron chi connectivity index (χ4n) is 2.46. The predicted molar refractivity (Wildman–Crippen MR) is 81.8 cm³/mol. The van der Waals surface area contributed by atoms with E-state index in [-0.39, 0.29) is 0 Å². The van der Waals surface area contributed by atoms with Gasteiger partial charge in [-0.15, -0.1) is 0 Å². The maximum atomic E-state index is 4.67. The van der Waals surface area contributed by atoms with Gasteiger partial charge >= 0.3 is 0 Å². The van der Waals surface area contributed by atoms with Crippen molar-refractivity contribution in [1.29, 1.82) is 0 Å². The first kappa shape index (κ1) is 12.2. The summed E-state index contributed by atoms with van der Waals surface area (Å²) < 4.78 is 0. The van der Waals surface area contributed by atoms with Crippen LogP contribution >= 0.6 is 0 Å². The molecule has 2 aromatic heterocycles. The van der Waals surface area contributed by atoms with Crippen LogP contribution in [-0.2, 0) is 0 Å². The number of nitrogens with zero attached hydrogens (tertiary/aromatic N) is 1. The second-order valence-corrected chi connectivity index (χ2v) is 5.90. The van der Waals surface area contributed by atoms with Gasteiger partial charge in [0.2, 0.25) is 0 Å². The molecule has 0 aliphatic heterocycles. The zero-order valence-electron chi connectivity index (χ0n) is 12.0. The van der Waals surface area contributed by atoms with Crippen LogP contribution in [0, 0.1) is 0 Å². The maximum Gasteiger partial charge on any atom is 0.0942 e. The highest BCUT2D eigenvalue weighted by molar-refractivity contribution is 6.03. The van der Waals surface area contributed by atoms with Crippen molar-refractivity contribution < 1.29 is 0 Å². The molecular weight excluding hydrogens is 232 g/mol. The number of hydrogen-bond donors (Lipinski definition) is 1. The van der Waals surface area contributed by atoms with Crippen molar-refractivity contribution in [3.8, 4) is 0 Å². The lowest BCUT2D eigenvalue weighted by Gasteiger charge is -2.06. The molecule has 1 aromatic carbocycles. The van der Waals surface area contributed by atoms with E-state index in [1.165, 1.54) is 22.0 Å². The number of benzene rings is 1. The lowest BCUT2D eigenvalue weighted by Crippen LogP contribution is -1.90. The van der Waals surface area contributed by atoms with Gasteiger partial charge in [-0.05, 0) is 29.5 Å². The Morgan fingerprint density at radius 2 is 1.68 bits per heavy atom. The summed E-state index contributed by atoms with van der Waals surface area (Å²) >= 11 is 0. The SMILES string of the molecule is CC(C)c1cnc2c(ccc3cc(C(C)C)[nH]c32)c1. The lowest BCUT2D eigenvalue weighted by atomic mass is 10.0. The highest BCUT2D eigenvalue weighted by atomic mass is 14.8. The quantitative estimate of drug-likeness (QED) is 0.686. The fraction of sp³-hybridized carbons (Fsp3) is 0.353. The minimum atomic E-state index is 0.511. The van der Waals surface area contributed by atoms with Crippen molar-refractivity contribution in [2.24, 2.45) is 0 Å². The van der Waals surface area contributed by atoms with Gasteiger partial charge in [0.15, 0.2) is 0 Å². The summed E-state index contributed by atoms with van der Waals surface area (Å²) in [7, 11) is 0. The number of rotatable bonds is 2. The Hall–Kier alpha value is -1.83. The summed E-state index contributed by atoms with van der Waals surface area (Å²) in [5.74, 6) is 1.03. The summed E-state index contributed by atoms with van der Waals surface area (Å²) in [4.78, 5) is 8.20. The van der Waals surface area contributed by atoms with E-state index in [2.05, 4.69) is 61.9 Å². The third kappa shape index (κ3) is 2.01. The summed E-state index contributed by atoms with van der Waals surface area (Å²) in [6.45, 7) is 8.81. The van der Waals surface area contributed by atoms with Gasteiger partial charge in [0.05, 0.1) is 11.0 Å². The molecular formula is C17H20N2. The molecule has 0 aliphatic rings. The average Bonchev–Trinajstić information content (AvgIpc) is 2.82. The Balaban J connectivity index is 2.28. The Labute approximate surface area is 113 Å². The minimum absolute atomic E-state index is 0.511. The van der Waals surface area contributed by atoms with Crippen LogP contribution in [0.25, 0.3) is 21.8 Å². The van der Waals surface area contributed by atoms with Gasteiger partial charge in [-0.3, -0.25) is 4.98 Å². The van der Waals surface area contributed by atoms with Crippen molar-refractivity contribution >= 4 is 21.8 Å². The van der Waals surface area contributed by atoms with Gasteiger partial charge in [0, 0.05) is 22.7 Å². The Morgan fingerprint density at radius 3 is 2.37 bits per heavy atom. The fourth-order valence-corrected chi connectivity index (χ4v) is 2.46. The minimum Gasteiger partial charge on any atom is -0.356 e. The van der Waals surface area contributed by atoms with Crippen LogP contribution in [0.15, 0.2) is 30.5 Å². The molecule has 98 valence electrons. The predicted octanol–water partition coefficient (Wildman–Crippen LogP) is 4.96. The zero-order chi connectivity index (χ0) is 13.6. The zero-order valence-corrected chi connectivity index (χ0v) is 12.0. The molecule has 3 rings (SSSR count). The number of pyridine rings is 1. The molecule has 1 N–H and O–H groups in total. The number of H-pyrrole nitrogens is 1. The molecule has 0 atom stereocenters. The van der Waals surface area contributed by atoms with Gasteiger partial charge in [-0.2, -0.15) is 0 Å². The van der Waals surface area contributed by atoms with E-state index in [0.717, 1.165) is 11.0 Å². The molecule has 0 aliphatic carbocycles. The van der Waals surface area contributed by atoms with E-state index < -0.39 is 0 Å². The number of aromatic amines is 1. The van der Waals surface area contributed by atoms with Gasteiger partial charge in [0.25, 0.3) is 0 Å². The van der Waals surface area contributed by atoms with Crippen LogP contribution in [0.5, 0.6) is 0 Å². The molecule has 0 bridgehead atoms. The molecule has 19 heavy (non-hydrogen) atoms. The van der Waals surface area contributed by atoms with E-state index in [9.17, 15) is 0 Å². The smallest absolute Gasteiger partial charge is 0.0942 e. The molecule has 2 heteroatoms. The van der Waals surface area contributed by atoms with Crippen LogP contribution in [0.2, 0.25) is 0 Å². The van der Waals surface area contributed by atoms with Gasteiger partial charge < -0.3 is 4.98 Å². The van der Waals surface area contributed by atoms with Crippen molar-refractivity contribution in [3.63, 3.8) is 0 Å². The third-order valence-corrected chi connectivity index (χ3v) is 3.78. The van der Waals surface area contributed by atoms with Crippen LogP contribution in [0.3, 0.4) is 0 Å². The monoisotopic (exact) mass is 252 g/mol. The van der Waals surface area contributed by atoms with Crippen molar-refractivity contribution in [1.82, 2.24) is 9.97 Å². The second kappa shape index (κ2) is 4.37. The Kier molecular flexibility index (Phi) is 2.81. The second-order valence-electron chi connectivity index (χ2n) is 5.90. The molecule has 0 radical (unpaired) electrons. The standard InChI is InChI=1S/C17H20N2/c1-10(2)14-7-12-5-6-13-8-15(11(3)4)19-17(13)16(12)18-9-14/h5-11,19H,1-4H3. The molecule has 3 aromatic rings. The van der Waals surface area contributed by atoms with Crippen molar-refractivity contribution in [2.45, 2.75) is 39.5 Å². The first-order chi connectivity index (χ1) is 9.06. The Bertz CT molecular complexity index is 735. The topological polar surface area (TPSA) is 28.7 Å². The molecule has 0 saturated carbocycles. The normalized spacial score (nSPS) is 12.1. The van der Waals surface area contributed by atoms with Crippen molar-refractivity contribution in [3.05, 3.63) is 41.7 Å². The maximum absolute atomic E-state index is 4.67. The van der Waals surface area contributed by atoms with Crippen LogP contribution in [0.4, 0.5) is 0 Å². The highest BCUT2D eigenvalue weighted by Gasteiger charge is 2.09. The van der Waals surface area contributed by atoms with Crippen LogP contribution in [0.1, 0.15) is 50.8 Å². The van der Waals surface area contributed by atoms with Crippen molar-refractivity contribution in [2.75, 3.05) is 0 Å². The number of aromatic nitrogens is 2. The molecule has 0 spiro atoms. The first-order valence-corrected chi connectivity index (χ1v) is 6.97.